The fourth-order valence-corrected chi connectivity index (χ4v) is 3.13. The number of nitrogens with two attached hydrogens (primary N) is 1. The fourth-order valence-electron chi connectivity index (χ4n) is 1.93. The van der Waals surface area contributed by atoms with Crippen LogP contribution in [0.25, 0.3) is 16.9 Å². The number of rotatable bonds is 1. The summed E-state index contributed by atoms with van der Waals surface area (Å²) in [5, 5.41) is 0.612. The molecule has 0 unspecified atom stereocenters. The highest BCUT2D eigenvalue weighted by Crippen LogP contribution is 2.34. The van der Waals surface area contributed by atoms with Crippen molar-refractivity contribution in [3.8, 4) is 11.3 Å². The molecule has 0 atom stereocenters. The second-order valence-electron chi connectivity index (χ2n) is 4.02. The Balaban J connectivity index is 2.31. The third-order valence-electron chi connectivity index (χ3n) is 2.83. The number of fused-ring (bicyclic) bond motifs is 1. The average molecular weight is 401 g/mol. The summed E-state index contributed by atoms with van der Waals surface area (Å²) in [6.07, 6.45) is 1.87. The van der Waals surface area contributed by atoms with Gasteiger partial charge in [-0.2, -0.15) is 0 Å². The maximum Gasteiger partial charge on any atom is 0.153 e. The van der Waals surface area contributed by atoms with Gasteiger partial charge in [0, 0.05) is 16.2 Å². The number of benzene rings is 1. The van der Waals surface area contributed by atoms with E-state index in [1.54, 1.807) is 0 Å². The summed E-state index contributed by atoms with van der Waals surface area (Å²) in [6.45, 7) is 0. The van der Waals surface area contributed by atoms with Crippen molar-refractivity contribution in [3.05, 3.63) is 50.5 Å². The van der Waals surface area contributed by atoms with E-state index in [1.165, 1.54) is 0 Å². The molecule has 96 valence electrons. The van der Waals surface area contributed by atoms with Crippen LogP contribution in [0.1, 0.15) is 0 Å². The van der Waals surface area contributed by atoms with E-state index in [2.05, 4.69) is 36.8 Å². The van der Waals surface area contributed by atoms with Crippen LogP contribution in [0.2, 0.25) is 5.02 Å². The first kappa shape index (κ1) is 13.0. The van der Waals surface area contributed by atoms with Crippen LogP contribution >= 0.6 is 43.5 Å². The highest BCUT2D eigenvalue weighted by atomic mass is 79.9. The van der Waals surface area contributed by atoms with E-state index in [9.17, 15) is 0 Å². The van der Waals surface area contributed by atoms with Gasteiger partial charge in [0.05, 0.1) is 9.50 Å². The molecule has 0 aliphatic carbocycles. The summed E-state index contributed by atoms with van der Waals surface area (Å²) in [6, 6.07) is 9.48. The molecule has 3 aromatic rings. The minimum atomic E-state index is 0.570. The number of pyridine rings is 1. The predicted octanol–water partition coefficient (Wildman–Crippen LogP) is 4.76. The largest absolute Gasteiger partial charge is 0.383 e. The van der Waals surface area contributed by atoms with Gasteiger partial charge in [0.15, 0.2) is 5.65 Å². The van der Waals surface area contributed by atoms with Gasteiger partial charge in [0.25, 0.3) is 0 Å². The van der Waals surface area contributed by atoms with Gasteiger partial charge < -0.3 is 5.73 Å². The highest BCUT2D eigenvalue weighted by Gasteiger charge is 2.15. The Morgan fingerprint density at radius 2 is 2.00 bits per heavy atom. The van der Waals surface area contributed by atoms with Crippen molar-refractivity contribution in [2.24, 2.45) is 0 Å². The lowest BCUT2D eigenvalue weighted by Crippen LogP contribution is -1.94. The third-order valence-corrected chi connectivity index (χ3v) is 4.25. The third kappa shape index (κ3) is 2.16. The molecule has 2 aromatic heterocycles. The van der Waals surface area contributed by atoms with Crippen molar-refractivity contribution in [1.29, 1.82) is 0 Å². The molecule has 0 aliphatic heterocycles. The summed E-state index contributed by atoms with van der Waals surface area (Å²) >= 11 is 13.1. The zero-order valence-corrected chi connectivity index (χ0v) is 13.5. The van der Waals surface area contributed by atoms with Gasteiger partial charge in [-0.1, -0.05) is 33.6 Å². The van der Waals surface area contributed by atoms with E-state index in [4.69, 9.17) is 17.3 Å². The van der Waals surface area contributed by atoms with Gasteiger partial charge in [0.2, 0.25) is 0 Å². The van der Waals surface area contributed by atoms with Crippen LogP contribution < -0.4 is 5.73 Å². The number of hydrogen-bond acceptors (Lipinski definition) is 2. The number of anilines is 1. The Bertz CT molecular complexity index is 783. The van der Waals surface area contributed by atoms with Crippen LogP contribution in [-0.2, 0) is 0 Å². The van der Waals surface area contributed by atoms with Crippen LogP contribution in [0.5, 0.6) is 0 Å². The number of nitrogen functional groups attached to an aromatic ring is 1. The first-order valence-corrected chi connectivity index (χ1v) is 7.42. The summed E-state index contributed by atoms with van der Waals surface area (Å²) in [5.41, 5.74) is 8.43. The molecule has 0 amide bonds. The first-order chi connectivity index (χ1) is 9.08. The van der Waals surface area contributed by atoms with Crippen molar-refractivity contribution >= 4 is 54.9 Å². The van der Waals surface area contributed by atoms with E-state index >= 15 is 0 Å². The lowest BCUT2D eigenvalue weighted by atomic mass is 10.1. The summed E-state index contributed by atoms with van der Waals surface area (Å²) < 4.78 is 3.64. The lowest BCUT2D eigenvalue weighted by Gasteiger charge is -2.02. The molecule has 2 heterocycles. The van der Waals surface area contributed by atoms with E-state index in [1.807, 2.05) is 40.9 Å². The molecule has 0 fully saturated rings. The zero-order chi connectivity index (χ0) is 13.6. The minimum Gasteiger partial charge on any atom is -0.383 e. The number of imidazole rings is 1. The molecule has 0 bridgehead atoms. The molecular weight excluding hydrogens is 393 g/mol. The minimum absolute atomic E-state index is 0.570. The van der Waals surface area contributed by atoms with Crippen LogP contribution in [0.3, 0.4) is 0 Å². The topological polar surface area (TPSA) is 43.3 Å². The molecule has 0 saturated heterocycles. The number of hydrogen-bond donors (Lipinski definition) is 1. The average Bonchev–Trinajstić information content (AvgIpc) is 2.69. The lowest BCUT2D eigenvalue weighted by molar-refractivity contribution is 1.19. The molecule has 1 aromatic carbocycles. The second kappa shape index (κ2) is 4.81. The number of nitrogens with zero attached hydrogens (tertiary/aromatic N) is 2. The predicted molar refractivity (Wildman–Crippen MR) is 85.5 cm³/mol. The van der Waals surface area contributed by atoms with Crippen molar-refractivity contribution in [3.63, 3.8) is 0 Å². The van der Waals surface area contributed by atoms with Gasteiger partial charge in [-0.15, -0.1) is 0 Å². The normalized spacial score (nSPS) is 11.1. The van der Waals surface area contributed by atoms with Crippen molar-refractivity contribution < 1.29 is 0 Å². The molecule has 0 saturated carbocycles. The van der Waals surface area contributed by atoms with Crippen LogP contribution in [0.15, 0.2) is 45.5 Å². The van der Waals surface area contributed by atoms with Crippen molar-refractivity contribution in [2.45, 2.75) is 0 Å². The Labute approximate surface area is 131 Å². The standard InChI is InChI=1S/C13H8Br2ClN3/c14-7-3-4-8(10(16)6-7)11-12(17)19-5-1-2-9(15)13(19)18-11/h1-6H,17H2. The van der Waals surface area contributed by atoms with Gasteiger partial charge in [-0.25, -0.2) is 4.98 Å². The smallest absolute Gasteiger partial charge is 0.153 e. The molecule has 6 heteroatoms. The summed E-state index contributed by atoms with van der Waals surface area (Å²) in [7, 11) is 0. The molecule has 19 heavy (non-hydrogen) atoms. The van der Waals surface area contributed by atoms with Crippen molar-refractivity contribution in [1.82, 2.24) is 9.38 Å². The first-order valence-electron chi connectivity index (χ1n) is 5.45. The molecule has 0 spiro atoms. The molecule has 3 rings (SSSR count). The molecular formula is C13H8Br2ClN3. The quantitative estimate of drug-likeness (QED) is 0.639. The van der Waals surface area contributed by atoms with E-state index < -0.39 is 0 Å². The van der Waals surface area contributed by atoms with Crippen LogP contribution in [-0.4, -0.2) is 9.38 Å². The maximum absolute atomic E-state index is 6.26. The maximum atomic E-state index is 6.26. The van der Waals surface area contributed by atoms with Crippen LogP contribution in [0.4, 0.5) is 5.82 Å². The molecule has 3 nitrogen and oxygen atoms in total. The Kier molecular flexibility index (Phi) is 3.28. The van der Waals surface area contributed by atoms with E-state index in [0.29, 0.717) is 16.5 Å². The van der Waals surface area contributed by atoms with Crippen LogP contribution in [0, 0.1) is 0 Å². The SMILES string of the molecule is Nc1c(-c2ccc(Br)cc2Cl)nc2c(Br)cccn12. The Morgan fingerprint density at radius 3 is 2.68 bits per heavy atom. The van der Waals surface area contributed by atoms with Crippen molar-refractivity contribution in [2.75, 3.05) is 5.73 Å². The highest BCUT2D eigenvalue weighted by molar-refractivity contribution is 9.10. The van der Waals surface area contributed by atoms with Gasteiger partial charge in [-0.3, -0.25) is 4.40 Å². The number of aromatic nitrogens is 2. The fraction of sp³-hybridized carbons (Fsp3) is 0. The second-order valence-corrected chi connectivity index (χ2v) is 6.20. The van der Waals surface area contributed by atoms with Gasteiger partial charge in [0.1, 0.15) is 11.5 Å². The Hall–Kier alpha value is -1.04. The molecule has 0 aliphatic rings. The number of halogens is 3. The van der Waals surface area contributed by atoms with E-state index in [0.717, 1.165) is 20.2 Å². The summed E-state index contributed by atoms with van der Waals surface area (Å²) in [5.74, 6) is 0.570. The zero-order valence-electron chi connectivity index (χ0n) is 9.57. The summed E-state index contributed by atoms with van der Waals surface area (Å²) in [4.78, 5) is 4.56. The Morgan fingerprint density at radius 1 is 1.21 bits per heavy atom. The molecule has 2 N–H and O–H groups in total. The molecule has 0 radical (unpaired) electrons. The monoisotopic (exact) mass is 399 g/mol. The van der Waals surface area contributed by atoms with Gasteiger partial charge in [-0.05, 0) is 40.2 Å². The van der Waals surface area contributed by atoms with E-state index in [-0.39, 0.29) is 0 Å². The van der Waals surface area contributed by atoms with Gasteiger partial charge >= 0.3 is 0 Å².